The molecular formula is C54H36N4O. The van der Waals surface area contributed by atoms with Crippen LogP contribution in [0.5, 0.6) is 0 Å². The molecule has 0 spiro atoms. The molecule has 3 aromatic heterocycles. The van der Waals surface area contributed by atoms with E-state index in [1.165, 1.54) is 44.1 Å². The highest BCUT2D eigenvalue weighted by molar-refractivity contribution is 6.13. The number of para-hydroxylation sites is 1. The summed E-state index contributed by atoms with van der Waals surface area (Å²) in [5, 5.41) is 4.65. The molecule has 5 heteroatoms. The Morgan fingerprint density at radius 2 is 1.03 bits per heavy atom. The molecule has 278 valence electrons. The van der Waals surface area contributed by atoms with Gasteiger partial charge in [-0.15, -0.1) is 0 Å². The summed E-state index contributed by atoms with van der Waals surface area (Å²) in [5.74, 6) is 1.81. The van der Waals surface area contributed by atoms with E-state index in [0.717, 1.165) is 55.4 Å². The van der Waals surface area contributed by atoms with E-state index in [1.807, 2.05) is 42.5 Å². The number of fused-ring (bicyclic) bond motifs is 9. The number of nitrogens with zero attached hydrogens (tertiary/aromatic N) is 4. The maximum atomic E-state index is 6.49. The zero-order valence-electron chi connectivity index (χ0n) is 32.5. The third kappa shape index (κ3) is 5.14. The molecule has 0 amide bonds. The fourth-order valence-electron chi connectivity index (χ4n) is 9.37. The lowest BCUT2D eigenvalue weighted by Crippen LogP contribution is -2.14. The molecule has 59 heavy (non-hydrogen) atoms. The standard InChI is InChI=1S/C54H36N4O/c1-54(2)44-21-11-9-18-39(44)42-31-43-40-19-10-12-22-46(40)58(47(43)32-45(42)54)37-27-24-35(25-28-37)52-55-51(34-16-7-4-8-17-34)56-53(57-52)36-26-29-41-49(30-36)59-48-23-13-20-38(50(41)48)33-14-5-3-6-15-33/h3-32H,1-2H3. The molecule has 0 aliphatic heterocycles. The molecule has 11 aromatic rings. The van der Waals surface area contributed by atoms with Gasteiger partial charge in [0, 0.05) is 49.3 Å². The smallest absolute Gasteiger partial charge is 0.164 e. The fraction of sp³-hybridized carbons (Fsp3) is 0.0556. The second-order valence-electron chi connectivity index (χ2n) is 16.0. The normalized spacial score (nSPS) is 13.1. The van der Waals surface area contributed by atoms with Crippen molar-refractivity contribution in [3.63, 3.8) is 0 Å². The topological polar surface area (TPSA) is 56.7 Å². The van der Waals surface area contributed by atoms with Gasteiger partial charge in [0.2, 0.25) is 0 Å². The van der Waals surface area contributed by atoms with E-state index < -0.39 is 0 Å². The first kappa shape index (κ1) is 33.5. The highest BCUT2D eigenvalue weighted by Gasteiger charge is 2.36. The first-order valence-corrected chi connectivity index (χ1v) is 20.1. The summed E-state index contributed by atoms with van der Waals surface area (Å²) in [7, 11) is 0. The minimum Gasteiger partial charge on any atom is -0.456 e. The quantitative estimate of drug-likeness (QED) is 0.175. The first-order chi connectivity index (χ1) is 29.0. The van der Waals surface area contributed by atoms with Gasteiger partial charge in [-0.3, -0.25) is 0 Å². The van der Waals surface area contributed by atoms with E-state index in [0.29, 0.717) is 17.5 Å². The van der Waals surface area contributed by atoms with Crippen molar-refractivity contribution in [3.8, 4) is 62.1 Å². The summed E-state index contributed by atoms with van der Waals surface area (Å²) >= 11 is 0. The van der Waals surface area contributed by atoms with Gasteiger partial charge in [0.05, 0.1) is 11.0 Å². The van der Waals surface area contributed by atoms with Gasteiger partial charge < -0.3 is 8.98 Å². The minimum atomic E-state index is -0.0991. The molecule has 0 radical (unpaired) electrons. The van der Waals surface area contributed by atoms with Crippen LogP contribution in [0.4, 0.5) is 0 Å². The molecule has 0 atom stereocenters. The van der Waals surface area contributed by atoms with Crippen LogP contribution in [0.2, 0.25) is 0 Å². The average Bonchev–Trinajstić information content (AvgIpc) is 3.91. The van der Waals surface area contributed by atoms with Gasteiger partial charge in [0.15, 0.2) is 17.5 Å². The molecule has 0 saturated heterocycles. The Bertz CT molecular complexity index is 3450. The summed E-state index contributed by atoms with van der Waals surface area (Å²) in [6.07, 6.45) is 0. The predicted octanol–water partition coefficient (Wildman–Crippen LogP) is 13.8. The number of hydrogen-bond donors (Lipinski definition) is 0. The van der Waals surface area contributed by atoms with Gasteiger partial charge in [0.25, 0.3) is 0 Å². The molecule has 5 nitrogen and oxygen atoms in total. The Balaban J connectivity index is 0.982. The van der Waals surface area contributed by atoms with E-state index in [9.17, 15) is 0 Å². The molecule has 0 bridgehead atoms. The second kappa shape index (κ2) is 12.7. The summed E-state index contributed by atoms with van der Waals surface area (Å²) in [5.41, 5.74) is 15.4. The van der Waals surface area contributed by atoms with Gasteiger partial charge in [-0.1, -0.05) is 135 Å². The van der Waals surface area contributed by atoms with Crippen molar-refractivity contribution in [2.45, 2.75) is 19.3 Å². The SMILES string of the molecule is CC1(C)c2ccccc2-c2cc3c4ccccc4n(-c4ccc(-c5nc(-c6ccccc6)nc(-c6ccc7c(c6)oc6cccc(-c8ccccc8)c67)n5)cc4)c3cc21. The summed E-state index contributed by atoms with van der Waals surface area (Å²) < 4.78 is 8.89. The van der Waals surface area contributed by atoms with Crippen molar-refractivity contribution < 1.29 is 4.42 Å². The van der Waals surface area contributed by atoms with Crippen LogP contribution >= 0.6 is 0 Å². The van der Waals surface area contributed by atoms with Crippen molar-refractivity contribution in [1.82, 2.24) is 19.5 Å². The first-order valence-electron chi connectivity index (χ1n) is 20.1. The number of aromatic nitrogens is 4. The van der Waals surface area contributed by atoms with Gasteiger partial charge >= 0.3 is 0 Å². The van der Waals surface area contributed by atoms with Crippen LogP contribution in [0.15, 0.2) is 186 Å². The molecule has 0 unspecified atom stereocenters. The Morgan fingerprint density at radius 1 is 0.407 bits per heavy atom. The zero-order valence-corrected chi connectivity index (χ0v) is 32.5. The molecule has 12 rings (SSSR count). The predicted molar refractivity (Wildman–Crippen MR) is 241 cm³/mol. The molecule has 1 aliphatic rings. The Labute approximate surface area is 340 Å². The third-order valence-electron chi connectivity index (χ3n) is 12.3. The van der Waals surface area contributed by atoms with E-state index in [-0.39, 0.29) is 5.41 Å². The molecule has 3 heterocycles. The molecule has 1 aliphatic carbocycles. The van der Waals surface area contributed by atoms with Crippen molar-refractivity contribution >= 4 is 43.7 Å². The Hall–Kier alpha value is -7.63. The average molecular weight is 757 g/mol. The van der Waals surface area contributed by atoms with Crippen LogP contribution in [-0.4, -0.2) is 19.5 Å². The van der Waals surface area contributed by atoms with E-state index in [1.54, 1.807) is 0 Å². The van der Waals surface area contributed by atoms with Crippen LogP contribution in [0, 0.1) is 0 Å². The summed E-state index contributed by atoms with van der Waals surface area (Å²) in [4.78, 5) is 15.2. The van der Waals surface area contributed by atoms with Gasteiger partial charge in [0.1, 0.15) is 11.2 Å². The van der Waals surface area contributed by atoms with E-state index in [4.69, 9.17) is 19.4 Å². The van der Waals surface area contributed by atoms with E-state index >= 15 is 0 Å². The molecule has 0 N–H and O–H groups in total. The summed E-state index contributed by atoms with van der Waals surface area (Å²) in [6.45, 7) is 4.68. The van der Waals surface area contributed by atoms with Crippen molar-refractivity contribution in [1.29, 1.82) is 0 Å². The Kier molecular flexibility index (Phi) is 7.20. The number of furan rings is 1. The second-order valence-corrected chi connectivity index (χ2v) is 16.0. The van der Waals surface area contributed by atoms with Crippen LogP contribution < -0.4 is 0 Å². The lowest BCUT2D eigenvalue weighted by atomic mass is 9.82. The number of hydrogen-bond acceptors (Lipinski definition) is 4. The van der Waals surface area contributed by atoms with E-state index in [2.05, 4.69) is 158 Å². The molecule has 0 fully saturated rings. The molecular weight excluding hydrogens is 721 g/mol. The fourth-order valence-corrected chi connectivity index (χ4v) is 9.37. The van der Waals surface area contributed by atoms with Crippen LogP contribution in [0.3, 0.4) is 0 Å². The number of rotatable bonds is 5. The van der Waals surface area contributed by atoms with Crippen LogP contribution in [0.25, 0.3) is 106 Å². The van der Waals surface area contributed by atoms with Crippen molar-refractivity contribution in [2.75, 3.05) is 0 Å². The summed E-state index contributed by atoms with van der Waals surface area (Å²) in [6, 6.07) is 64.1. The van der Waals surface area contributed by atoms with Gasteiger partial charge in [-0.05, 0) is 94.0 Å². The maximum absolute atomic E-state index is 6.49. The Morgan fingerprint density at radius 3 is 1.81 bits per heavy atom. The molecule has 0 saturated carbocycles. The zero-order chi connectivity index (χ0) is 39.2. The lowest BCUT2D eigenvalue weighted by Gasteiger charge is -2.21. The van der Waals surface area contributed by atoms with Crippen LogP contribution in [0.1, 0.15) is 25.0 Å². The maximum Gasteiger partial charge on any atom is 0.164 e. The van der Waals surface area contributed by atoms with Gasteiger partial charge in [-0.25, -0.2) is 15.0 Å². The number of benzene rings is 8. The third-order valence-corrected chi connectivity index (χ3v) is 12.3. The van der Waals surface area contributed by atoms with Crippen molar-refractivity contribution in [3.05, 3.63) is 193 Å². The highest BCUT2D eigenvalue weighted by atomic mass is 16.3. The molecule has 8 aromatic carbocycles. The largest absolute Gasteiger partial charge is 0.456 e. The van der Waals surface area contributed by atoms with Crippen molar-refractivity contribution in [2.24, 2.45) is 0 Å². The lowest BCUT2D eigenvalue weighted by molar-refractivity contribution is 0.661. The van der Waals surface area contributed by atoms with Crippen LogP contribution in [-0.2, 0) is 5.41 Å². The van der Waals surface area contributed by atoms with Gasteiger partial charge in [-0.2, -0.15) is 0 Å². The minimum absolute atomic E-state index is 0.0991. The highest BCUT2D eigenvalue weighted by Crippen LogP contribution is 2.51. The monoisotopic (exact) mass is 756 g/mol.